The highest BCUT2D eigenvalue weighted by atomic mass is 16.5. The standard InChI is InChI=1S/C29H45N3O5/c1-5-6-14-32-27(33)24(17-21-10-8-7-9-11-21)30-28(34)29(32)12-15-31(16-13-29)20-23-25(36-3)18-22(35-2)19-26(23)37-4/h18-19,21,24H,5-17,20H2,1-4H3,(H,30,34). The van der Waals surface area contributed by atoms with Gasteiger partial charge in [0.1, 0.15) is 28.8 Å². The fraction of sp³-hybridized carbons (Fsp3) is 0.724. The molecule has 3 aliphatic rings. The molecule has 1 unspecified atom stereocenters. The maximum absolute atomic E-state index is 13.8. The molecule has 206 valence electrons. The molecule has 2 saturated heterocycles. The summed E-state index contributed by atoms with van der Waals surface area (Å²) in [5.74, 6) is 2.84. The largest absolute Gasteiger partial charge is 0.496 e. The second-order valence-electron chi connectivity index (χ2n) is 10.9. The topological polar surface area (TPSA) is 80.3 Å². The molecule has 1 aliphatic carbocycles. The van der Waals surface area contributed by atoms with Gasteiger partial charge in [-0.1, -0.05) is 45.4 Å². The SMILES string of the molecule is CCCCN1C(=O)C(CC2CCCCC2)NC(=O)C12CCN(Cc1c(OC)cc(OC)cc1OC)CC2. The Labute approximate surface area is 222 Å². The minimum absolute atomic E-state index is 0.0447. The Morgan fingerprint density at radius 3 is 2.19 bits per heavy atom. The Bertz CT molecular complexity index is 912. The minimum atomic E-state index is -0.750. The van der Waals surface area contributed by atoms with Crippen LogP contribution in [0.25, 0.3) is 0 Å². The average molecular weight is 516 g/mol. The van der Waals surface area contributed by atoms with Crippen molar-refractivity contribution in [3.63, 3.8) is 0 Å². The normalized spacial score (nSPS) is 22.7. The molecule has 4 rings (SSSR count). The number of hydrogen-bond donors (Lipinski definition) is 1. The number of benzene rings is 1. The fourth-order valence-corrected chi connectivity index (χ4v) is 6.47. The molecule has 2 heterocycles. The number of piperazine rings is 1. The molecular weight excluding hydrogens is 470 g/mol. The summed E-state index contributed by atoms with van der Waals surface area (Å²) in [6.07, 6.45) is 10.1. The third kappa shape index (κ3) is 5.84. The second-order valence-corrected chi connectivity index (χ2v) is 10.9. The number of hydrogen-bond acceptors (Lipinski definition) is 6. The van der Waals surface area contributed by atoms with Crippen molar-refractivity contribution in [2.75, 3.05) is 41.0 Å². The average Bonchev–Trinajstić information content (AvgIpc) is 2.93. The van der Waals surface area contributed by atoms with Crippen molar-refractivity contribution in [2.24, 2.45) is 5.92 Å². The van der Waals surface area contributed by atoms with Gasteiger partial charge in [-0.25, -0.2) is 0 Å². The van der Waals surface area contributed by atoms with Crippen LogP contribution in [0.3, 0.4) is 0 Å². The molecule has 1 saturated carbocycles. The Morgan fingerprint density at radius 2 is 1.62 bits per heavy atom. The first-order chi connectivity index (χ1) is 17.9. The summed E-state index contributed by atoms with van der Waals surface area (Å²) in [4.78, 5) is 31.8. The van der Waals surface area contributed by atoms with E-state index in [-0.39, 0.29) is 17.9 Å². The first-order valence-corrected chi connectivity index (χ1v) is 14.1. The highest BCUT2D eigenvalue weighted by molar-refractivity contribution is 6.00. The summed E-state index contributed by atoms with van der Waals surface area (Å²) in [5, 5.41) is 3.19. The Balaban J connectivity index is 1.48. The monoisotopic (exact) mass is 515 g/mol. The fourth-order valence-electron chi connectivity index (χ4n) is 6.47. The van der Waals surface area contributed by atoms with Gasteiger partial charge in [0, 0.05) is 38.3 Å². The van der Waals surface area contributed by atoms with Crippen LogP contribution in [0, 0.1) is 5.92 Å². The van der Waals surface area contributed by atoms with Gasteiger partial charge in [0.2, 0.25) is 11.8 Å². The maximum Gasteiger partial charge on any atom is 0.246 e. The maximum atomic E-state index is 13.8. The Kier molecular flexibility index (Phi) is 9.22. The van der Waals surface area contributed by atoms with Gasteiger partial charge in [-0.3, -0.25) is 14.5 Å². The van der Waals surface area contributed by atoms with E-state index in [1.54, 1.807) is 21.3 Å². The number of nitrogens with zero attached hydrogens (tertiary/aromatic N) is 2. The van der Waals surface area contributed by atoms with Crippen LogP contribution in [0.15, 0.2) is 12.1 Å². The molecule has 1 aromatic rings. The zero-order valence-electron chi connectivity index (χ0n) is 23.1. The predicted octanol–water partition coefficient (Wildman–Crippen LogP) is 4.14. The van der Waals surface area contributed by atoms with E-state index in [0.717, 1.165) is 49.4 Å². The summed E-state index contributed by atoms with van der Waals surface area (Å²) in [6, 6.07) is 3.37. The highest BCUT2D eigenvalue weighted by Crippen LogP contribution is 2.39. The van der Waals surface area contributed by atoms with E-state index >= 15 is 0 Å². The van der Waals surface area contributed by atoms with Crippen molar-refractivity contribution in [2.45, 2.75) is 89.3 Å². The van der Waals surface area contributed by atoms with Crippen LogP contribution in [-0.2, 0) is 16.1 Å². The van der Waals surface area contributed by atoms with E-state index < -0.39 is 5.54 Å². The van der Waals surface area contributed by atoms with E-state index in [0.29, 0.717) is 37.6 Å². The van der Waals surface area contributed by atoms with Crippen molar-refractivity contribution in [3.8, 4) is 17.2 Å². The number of rotatable bonds is 10. The lowest BCUT2D eigenvalue weighted by molar-refractivity contribution is -0.162. The van der Waals surface area contributed by atoms with Crippen LogP contribution in [0.5, 0.6) is 17.2 Å². The van der Waals surface area contributed by atoms with Gasteiger partial charge in [0.05, 0.1) is 26.9 Å². The second kappa shape index (κ2) is 12.4. The van der Waals surface area contributed by atoms with Crippen molar-refractivity contribution >= 4 is 11.8 Å². The summed E-state index contributed by atoms with van der Waals surface area (Å²) >= 11 is 0. The quantitative estimate of drug-likeness (QED) is 0.504. The van der Waals surface area contributed by atoms with E-state index in [9.17, 15) is 9.59 Å². The van der Waals surface area contributed by atoms with Gasteiger partial charge in [0.15, 0.2) is 0 Å². The Morgan fingerprint density at radius 1 is 0.973 bits per heavy atom. The van der Waals surface area contributed by atoms with E-state index in [4.69, 9.17) is 14.2 Å². The molecule has 8 heteroatoms. The zero-order valence-corrected chi connectivity index (χ0v) is 23.1. The van der Waals surface area contributed by atoms with Gasteiger partial charge in [-0.2, -0.15) is 0 Å². The molecule has 0 aromatic heterocycles. The molecule has 37 heavy (non-hydrogen) atoms. The van der Waals surface area contributed by atoms with Crippen molar-refractivity contribution < 1.29 is 23.8 Å². The van der Waals surface area contributed by atoms with Crippen LogP contribution in [0.2, 0.25) is 0 Å². The van der Waals surface area contributed by atoms with Crippen LogP contribution < -0.4 is 19.5 Å². The third-order valence-corrected chi connectivity index (χ3v) is 8.72. The lowest BCUT2D eigenvalue weighted by Gasteiger charge is -2.52. The number of methoxy groups -OCH3 is 3. The summed E-state index contributed by atoms with van der Waals surface area (Å²) in [7, 11) is 4.92. The van der Waals surface area contributed by atoms with Gasteiger partial charge in [-0.05, 0) is 31.6 Å². The van der Waals surface area contributed by atoms with E-state index in [1.807, 2.05) is 17.0 Å². The van der Waals surface area contributed by atoms with Crippen molar-refractivity contribution in [1.82, 2.24) is 15.1 Å². The molecule has 0 radical (unpaired) electrons. The first kappa shape index (κ1) is 27.6. The number of amides is 2. The lowest BCUT2D eigenvalue weighted by Crippen LogP contribution is -2.73. The molecule has 3 fully saturated rings. The number of carbonyl (C=O) groups is 2. The van der Waals surface area contributed by atoms with Crippen LogP contribution in [0.1, 0.15) is 76.7 Å². The number of nitrogens with one attached hydrogen (secondary N) is 1. The Hall–Kier alpha value is -2.48. The minimum Gasteiger partial charge on any atom is -0.496 e. The molecule has 1 spiro atoms. The number of likely N-dealkylation sites (tertiary alicyclic amines) is 1. The van der Waals surface area contributed by atoms with Crippen molar-refractivity contribution in [1.29, 1.82) is 0 Å². The summed E-state index contributed by atoms with van der Waals surface area (Å²) in [6.45, 7) is 4.87. The highest BCUT2D eigenvalue weighted by Gasteiger charge is 2.53. The van der Waals surface area contributed by atoms with Gasteiger partial charge >= 0.3 is 0 Å². The molecular formula is C29H45N3O5. The van der Waals surface area contributed by atoms with E-state index in [2.05, 4.69) is 17.1 Å². The molecule has 1 aromatic carbocycles. The zero-order chi connectivity index (χ0) is 26.4. The predicted molar refractivity (Wildman–Crippen MR) is 143 cm³/mol. The summed E-state index contributed by atoms with van der Waals surface area (Å²) < 4.78 is 16.7. The molecule has 8 nitrogen and oxygen atoms in total. The lowest BCUT2D eigenvalue weighted by atomic mass is 9.79. The smallest absolute Gasteiger partial charge is 0.246 e. The molecule has 2 amide bonds. The molecule has 2 aliphatic heterocycles. The van der Waals surface area contributed by atoms with E-state index in [1.165, 1.54) is 32.1 Å². The summed E-state index contributed by atoms with van der Waals surface area (Å²) in [5.41, 5.74) is 0.209. The van der Waals surface area contributed by atoms with Gasteiger partial charge in [0.25, 0.3) is 0 Å². The van der Waals surface area contributed by atoms with Crippen LogP contribution in [-0.4, -0.2) is 74.2 Å². The van der Waals surface area contributed by atoms with Gasteiger partial charge in [-0.15, -0.1) is 0 Å². The van der Waals surface area contributed by atoms with Gasteiger partial charge < -0.3 is 24.4 Å². The molecule has 1 N–H and O–H groups in total. The molecule has 0 bridgehead atoms. The number of ether oxygens (including phenoxy) is 3. The third-order valence-electron chi connectivity index (χ3n) is 8.72. The molecule has 1 atom stereocenters. The first-order valence-electron chi connectivity index (χ1n) is 14.1. The van der Waals surface area contributed by atoms with Crippen LogP contribution >= 0.6 is 0 Å². The number of carbonyl (C=O) groups excluding carboxylic acids is 2. The number of unbranched alkanes of at least 4 members (excludes halogenated alkanes) is 1. The number of piperidine rings is 1. The van der Waals surface area contributed by atoms with Crippen molar-refractivity contribution in [3.05, 3.63) is 17.7 Å². The van der Waals surface area contributed by atoms with Crippen LogP contribution in [0.4, 0.5) is 0 Å².